The zero-order chi connectivity index (χ0) is 28.1. The van der Waals surface area contributed by atoms with E-state index < -0.39 is 15.3 Å². The van der Waals surface area contributed by atoms with E-state index >= 15 is 0 Å². The van der Waals surface area contributed by atoms with Crippen molar-refractivity contribution >= 4 is 26.9 Å². The fraction of sp³-hybridized carbons (Fsp3) is 0.0270. The summed E-state index contributed by atoms with van der Waals surface area (Å²) in [7, 11) is -3.70. The lowest BCUT2D eigenvalue weighted by Crippen LogP contribution is -2.36. The fourth-order valence-corrected chi connectivity index (χ4v) is 8.75. The number of sulfone groups is 1. The normalized spacial score (nSPS) is 15.9. The van der Waals surface area contributed by atoms with E-state index in [4.69, 9.17) is 4.74 Å². The molecule has 2 aliphatic heterocycles. The Bertz CT molecular complexity index is 2120. The lowest BCUT2D eigenvalue weighted by atomic mass is 9.64. The van der Waals surface area contributed by atoms with Gasteiger partial charge < -0.3 is 9.64 Å². The molecule has 0 unspecified atom stereocenters. The topological polar surface area (TPSA) is 46.6 Å². The van der Waals surface area contributed by atoms with Crippen molar-refractivity contribution in [2.45, 2.75) is 15.2 Å². The molecule has 200 valence electrons. The molecule has 5 heteroatoms. The maximum atomic E-state index is 13.5. The minimum Gasteiger partial charge on any atom is -0.455 e. The van der Waals surface area contributed by atoms with Crippen LogP contribution in [-0.4, -0.2) is 8.42 Å². The Labute approximate surface area is 244 Å². The zero-order valence-corrected chi connectivity index (χ0v) is 23.2. The summed E-state index contributed by atoms with van der Waals surface area (Å²) < 4.78 is 33.2. The van der Waals surface area contributed by atoms with Gasteiger partial charge in [-0.05, 0) is 69.8 Å². The third kappa shape index (κ3) is 2.83. The first kappa shape index (κ1) is 23.6. The van der Waals surface area contributed by atoms with Crippen LogP contribution in [-0.2, 0) is 15.3 Å². The van der Waals surface area contributed by atoms with Crippen LogP contribution < -0.4 is 9.64 Å². The highest BCUT2D eigenvalue weighted by Crippen LogP contribution is 2.63. The quantitative estimate of drug-likeness (QED) is 0.201. The summed E-state index contributed by atoms with van der Waals surface area (Å²) in [5.41, 5.74) is 9.81. The Morgan fingerprint density at radius 2 is 1.00 bits per heavy atom. The van der Waals surface area contributed by atoms with Gasteiger partial charge in [0.1, 0.15) is 21.3 Å². The molecule has 2 heterocycles. The van der Waals surface area contributed by atoms with Gasteiger partial charge >= 0.3 is 0 Å². The standard InChI is InChI=1S/C37H23NO3S/c39-42(40)35-20-10-9-19-33(35)41-34-23-24(21-22-36(34)42)38-31-17-7-5-15-29(31)37(30-16-6-8-18-32(30)38)27-13-3-1-11-25(27)26-12-2-4-14-28(26)37/h1-23H. The molecule has 0 fully saturated rings. The molecule has 0 aromatic heterocycles. The van der Waals surface area contributed by atoms with Gasteiger partial charge in [-0.2, -0.15) is 0 Å². The highest BCUT2D eigenvalue weighted by atomic mass is 32.2. The minimum absolute atomic E-state index is 0.179. The highest BCUT2D eigenvalue weighted by molar-refractivity contribution is 7.91. The minimum atomic E-state index is -3.70. The average Bonchev–Trinajstić information content (AvgIpc) is 3.32. The summed E-state index contributed by atoms with van der Waals surface area (Å²) in [6.45, 7) is 0. The number of anilines is 3. The molecule has 0 bridgehead atoms. The third-order valence-corrected chi connectivity index (χ3v) is 10.7. The smallest absolute Gasteiger partial charge is 0.213 e. The summed E-state index contributed by atoms with van der Waals surface area (Å²) in [6.07, 6.45) is 0. The average molecular weight is 562 g/mol. The Morgan fingerprint density at radius 1 is 0.500 bits per heavy atom. The van der Waals surface area contributed by atoms with Crippen molar-refractivity contribution in [2.75, 3.05) is 4.90 Å². The van der Waals surface area contributed by atoms with Crippen molar-refractivity contribution in [1.29, 1.82) is 0 Å². The SMILES string of the molecule is O=S1(=O)c2ccccc2Oc2cc(N3c4ccccc4C4(c5ccccc5-c5ccccc54)c4ccccc43)ccc21. The van der Waals surface area contributed by atoms with Crippen molar-refractivity contribution in [1.82, 2.24) is 0 Å². The van der Waals surface area contributed by atoms with E-state index in [1.165, 1.54) is 33.4 Å². The molecule has 3 aliphatic rings. The molecule has 0 saturated carbocycles. The molecule has 0 radical (unpaired) electrons. The number of hydrogen-bond donors (Lipinski definition) is 0. The van der Waals surface area contributed by atoms with Crippen LogP contribution in [0.15, 0.2) is 149 Å². The van der Waals surface area contributed by atoms with E-state index in [0.717, 1.165) is 17.1 Å². The predicted octanol–water partition coefficient (Wildman–Crippen LogP) is 8.77. The second-order valence-corrected chi connectivity index (χ2v) is 12.8. The lowest BCUT2D eigenvalue weighted by Gasteiger charge is -2.45. The first-order valence-electron chi connectivity index (χ1n) is 13.9. The molecular formula is C37H23NO3S. The Balaban J connectivity index is 1.32. The summed E-state index contributed by atoms with van der Waals surface area (Å²) in [5.74, 6) is 0.678. The van der Waals surface area contributed by atoms with Gasteiger partial charge in [-0.3, -0.25) is 0 Å². The largest absolute Gasteiger partial charge is 0.455 e. The fourth-order valence-electron chi connectivity index (χ4n) is 7.27. The van der Waals surface area contributed by atoms with Gasteiger partial charge in [-0.1, -0.05) is 97.1 Å². The van der Waals surface area contributed by atoms with Crippen molar-refractivity contribution < 1.29 is 13.2 Å². The first-order chi connectivity index (χ1) is 20.6. The van der Waals surface area contributed by atoms with E-state index in [-0.39, 0.29) is 9.79 Å². The van der Waals surface area contributed by atoms with E-state index in [0.29, 0.717) is 11.5 Å². The molecule has 6 aromatic carbocycles. The van der Waals surface area contributed by atoms with Gasteiger partial charge in [0.05, 0.1) is 16.8 Å². The summed E-state index contributed by atoms with van der Waals surface area (Å²) in [5, 5.41) is 0. The molecule has 0 saturated heterocycles. The maximum Gasteiger partial charge on any atom is 0.213 e. The van der Waals surface area contributed by atoms with Crippen LogP contribution in [0.4, 0.5) is 17.1 Å². The monoisotopic (exact) mass is 561 g/mol. The van der Waals surface area contributed by atoms with Crippen LogP contribution in [0, 0.1) is 0 Å². The first-order valence-corrected chi connectivity index (χ1v) is 15.4. The molecule has 0 amide bonds. The van der Waals surface area contributed by atoms with Gasteiger partial charge in [0.2, 0.25) is 9.84 Å². The van der Waals surface area contributed by atoms with Crippen molar-refractivity contribution in [3.8, 4) is 22.6 Å². The van der Waals surface area contributed by atoms with Gasteiger partial charge in [0, 0.05) is 11.8 Å². The van der Waals surface area contributed by atoms with Crippen LogP contribution in [0.2, 0.25) is 0 Å². The number of fused-ring (bicyclic) bond motifs is 11. The second kappa shape index (κ2) is 8.21. The molecule has 0 atom stereocenters. The van der Waals surface area contributed by atoms with Crippen molar-refractivity contribution in [3.63, 3.8) is 0 Å². The van der Waals surface area contributed by atoms with Crippen LogP contribution in [0.3, 0.4) is 0 Å². The number of nitrogens with zero attached hydrogens (tertiary/aromatic N) is 1. The summed E-state index contributed by atoms with van der Waals surface area (Å²) in [6, 6.07) is 46.8. The van der Waals surface area contributed by atoms with Crippen molar-refractivity contribution in [2.24, 2.45) is 0 Å². The van der Waals surface area contributed by atoms with Gasteiger partial charge in [0.15, 0.2) is 0 Å². The molecule has 42 heavy (non-hydrogen) atoms. The van der Waals surface area contributed by atoms with Crippen LogP contribution in [0.25, 0.3) is 11.1 Å². The molecule has 6 aromatic rings. The number of rotatable bonds is 1. The van der Waals surface area contributed by atoms with Gasteiger partial charge in [-0.25, -0.2) is 8.42 Å². The van der Waals surface area contributed by atoms with Crippen LogP contribution in [0.1, 0.15) is 22.3 Å². The van der Waals surface area contributed by atoms with E-state index in [9.17, 15) is 8.42 Å². The number of para-hydroxylation sites is 3. The predicted molar refractivity (Wildman–Crippen MR) is 164 cm³/mol. The highest BCUT2D eigenvalue weighted by Gasteiger charge is 2.51. The molecule has 9 rings (SSSR count). The Hall–Kier alpha value is -5.13. The van der Waals surface area contributed by atoms with Gasteiger partial charge in [0.25, 0.3) is 0 Å². The summed E-state index contributed by atoms with van der Waals surface area (Å²) in [4.78, 5) is 2.61. The Kier molecular flexibility index (Phi) is 4.61. The van der Waals surface area contributed by atoms with Gasteiger partial charge in [-0.15, -0.1) is 0 Å². The van der Waals surface area contributed by atoms with E-state index in [2.05, 4.69) is 102 Å². The molecule has 1 spiro atoms. The molecule has 4 nitrogen and oxygen atoms in total. The molecule has 1 aliphatic carbocycles. The molecule has 0 N–H and O–H groups in total. The Morgan fingerprint density at radius 3 is 1.64 bits per heavy atom. The van der Waals surface area contributed by atoms with Crippen LogP contribution >= 0.6 is 0 Å². The number of ether oxygens (including phenoxy) is 1. The third-order valence-electron chi connectivity index (χ3n) is 8.88. The molecular weight excluding hydrogens is 538 g/mol. The zero-order valence-electron chi connectivity index (χ0n) is 22.4. The maximum absolute atomic E-state index is 13.5. The number of hydrogen-bond acceptors (Lipinski definition) is 4. The van der Waals surface area contributed by atoms with E-state index in [1.54, 1.807) is 30.3 Å². The second-order valence-electron chi connectivity index (χ2n) is 10.9. The lowest BCUT2D eigenvalue weighted by molar-refractivity contribution is 0.443. The van der Waals surface area contributed by atoms with Crippen LogP contribution in [0.5, 0.6) is 11.5 Å². The van der Waals surface area contributed by atoms with E-state index in [1.807, 2.05) is 12.1 Å². The number of benzene rings is 6. The summed E-state index contributed by atoms with van der Waals surface area (Å²) >= 11 is 0. The van der Waals surface area contributed by atoms with Crippen molar-refractivity contribution in [3.05, 3.63) is 162 Å².